The Labute approximate surface area is 134 Å². The molecule has 2 nitrogen and oxygen atoms in total. The molecule has 0 aliphatic carbocycles. The zero-order valence-corrected chi connectivity index (χ0v) is 14.4. The summed E-state index contributed by atoms with van der Waals surface area (Å²) in [7, 11) is 0. The van der Waals surface area contributed by atoms with E-state index in [1.807, 2.05) is 30.3 Å². The van der Waals surface area contributed by atoms with Gasteiger partial charge in [0.1, 0.15) is 0 Å². The fourth-order valence-corrected chi connectivity index (χ4v) is 2.93. The molecule has 0 aliphatic heterocycles. The molecule has 118 valence electrons. The van der Waals surface area contributed by atoms with Crippen LogP contribution >= 0.6 is 11.6 Å². The van der Waals surface area contributed by atoms with Crippen LogP contribution in [0.1, 0.15) is 52.0 Å². The average Bonchev–Trinajstić information content (AvgIpc) is 2.46. The predicted molar refractivity (Wildman–Crippen MR) is 90.8 cm³/mol. The first kappa shape index (κ1) is 18.0. The van der Waals surface area contributed by atoms with Gasteiger partial charge in [0.25, 0.3) is 0 Å². The second kappa shape index (κ2) is 8.43. The zero-order valence-electron chi connectivity index (χ0n) is 13.7. The van der Waals surface area contributed by atoms with E-state index in [4.69, 9.17) is 11.6 Å². The smallest absolute Gasteiger partial charge is 0.227 e. The number of hydrogen-bond donors (Lipinski definition) is 1. The van der Waals surface area contributed by atoms with Gasteiger partial charge in [-0.1, -0.05) is 64.4 Å². The molecule has 0 saturated carbocycles. The van der Waals surface area contributed by atoms with E-state index >= 15 is 0 Å². The van der Waals surface area contributed by atoms with E-state index in [-0.39, 0.29) is 17.2 Å². The minimum Gasteiger partial charge on any atom is -0.355 e. The summed E-state index contributed by atoms with van der Waals surface area (Å²) in [5.74, 6) is 0.987. The molecule has 1 amide bonds. The van der Waals surface area contributed by atoms with Crippen molar-refractivity contribution < 1.29 is 4.79 Å². The van der Waals surface area contributed by atoms with Gasteiger partial charge in [-0.25, -0.2) is 0 Å². The lowest BCUT2D eigenvalue weighted by Gasteiger charge is -2.27. The molecule has 1 N–H and O–H groups in total. The van der Waals surface area contributed by atoms with E-state index in [2.05, 4.69) is 33.0 Å². The van der Waals surface area contributed by atoms with Gasteiger partial charge in [-0.2, -0.15) is 0 Å². The maximum Gasteiger partial charge on any atom is 0.227 e. The van der Waals surface area contributed by atoms with Crippen LogP contribution in [0.5, 0.6) is 0 Å². The van der Waals surface area contributed by atoms with Crippen LogP contribution in [0.2, 0.25) is 0 Å². The summed E-state index contributed by atoms with van der Waals surface area (Å²) in [6.07, 6.45) is 1.88. The normalized spacial score (nSPS) is 14.5. The third kappa shape index (κ3) is 5.70. The Kier molecular flexibility index (Phi) is 7.24. The molecule has 2 unspecified atom stereocenters. The van der Waals surface area contributed by atoms with Crippen molar-refractivity contribution in [1.29, 1.82) is 0 Å². The second-order valence-electron chi connectivity index (χ2n) is 6.59. The van der Waals surface area contributed by atoms with E-state index in [0.717, 1.165) is 18.4 Å². The maximum atomic E-state index is 12.7. The minimum atomic E-state index is -0.0806. The summed E-state index contributed by atoms with van der Waals surface area (Å²) >= 11 is 5.82. The van der Waals surface area contributed by atoms with Gasteiger partial charge in [0.2, 0.25) is 5.91 Å². The van der Waals surface area contributed by atoms with Crippen LogP contribution in [-0.2, 0) is 4.79 Å². The lowest BCUT2D eigenvalue weighted by atomic mass is 9.84. The first-order valence-corrected chi connectivity index (χ1v) is 8.33. The minimum absolute atomic E-state index is 0.0358. The highest BCUT2D eigenvalue weighted by molar-refractivity contribution is 6.17. The number of halogens is 1. The lowest BCUT2D eigenvalue weighted by Crippen LogP contribution is -2.38. The van der Waals surface area contributed by atoms with Crippen molar-refractivity contribution in [3.8, 4) is 0 Å². The fraction of sp³-hybridized carbons (Fsp3) is 0.611. The van der Waals surface area contributed by atoms with Crippen molar-refractivity contribution in [2.45, 2.75) is 46.5 Å². The quantitative estimate of drug-likeness (QED) is 0.699. The lowest BCUT2D eigenvalue weighted by molar-refractivity contribution is -0.124. The molecule has 0 spiro atoms. The highest BCUT2D eigenvalue weighted by Gasteiger charge is 2.27. The summed E-state index contributed by atoms with van der Waals surface area (Å²) in [5, 5.41) is 3.12. The number of rotatable bonds is 8. The maximum absolute atomic E-state index is 12.7. The van der Waals surface area contributed by atoms with Crippen molar-refractivity contribution in [1.82, 2.24) is 5.32 Å². The molecule has 0 fully saturated rings. The molecule has 0 saturated heterocycles. The summed E-state index contributed by atoms with van der Waals surface area (Å²) in [4.78, 5) is 12.7. The second-order valence-corrected chi connectivity index (χ2v) is 6.97. The molecular weight excluding hydrogens is 282 g/mol. The molecule has 0 aromatic heterocycles. The summed E-state index contributed by atoms with van der Waals surface area (Å²) in [5.41, 5.74) is 1.13. The van der Waals surface area contributed by atoms with E-state index in [0.29, 0.717) is 18.3 Å². The summed E-state index contributed by atoms with van der Waals surface area (Å²) in [6, 6.07) is 10.1. The Morgan fingerprint density at radius 2 is 1.90 bits per heavy atom. The van der Waals surface area contributed by atoms with Gasteiger partial charge < -0.3 is 5.32 Å². The van der Waals surface area contributed by atoms with Crippen LogP contribution in [0.15, 0.2) is 30.3 Å². The molecule has 0 heterocycles. The van der Waals surface area contributed by atoms with Crippen molar-refractivity contribution in [3.63, 3.8) is 0 Å². The van der Waals surface area contributed by atoms with E-state index in [1.54, 1.807) is 0 Å². The molecule has 0 radical (unpaired) electrons. The van der Waals surface area contributed by atoms with Crippen molar-refractivity contribution in [3.05, 3.63) is 35.9 Å². The Morgan fingerprint density at radius 1 is 1.29 bits per heavy atom. The highest BCUT2D eigenvalue weighted by atomic mass is 35.5. The molecule has 21 heavy (non-hydrogen) atoms. The van der Waals surface area contributed by atoms with Crippen LogP contribution in [0.3, 0.4) is 0 Å². The van der Waals surface area contributed by atoms with Gasteiger partial charge in [-0.3, -0.25) is 4.79 Å². The number of amides is 1. The SMILES string of the molecule is CCC(C)C(C(=O)NCC(C)(C)CCCl)c1ccccc1. The monoisotopic (exact) mass is 309 g/mol. The molecule has 1 aromatic carbocycles. The molecule has 1 aromatic rings. The number of alkyl halides is 1. The van der Waals surface area contributed by atoms with Gasteiger partial charge in [0.15, 0.2) is 0 Å². The highest BCUT2D eigenvalue weighted by Crippen LogP contribution is 2.28. The average molecular weight is 310 g/mol. The fourth-order valence-electron chi connectivity index (χ4n) is 2.41. The first-order valence-electron chi connectivity index (χ1n) is 7.80. The van der Waals surface area contributed by atoms with Crippen LogP contribution in [0.25, 0.3) is 0 Å². The van der Waals surface area contributed by atoms with Crippen molar-refractivity contribution in [2.24, 2.45) is 11.3 Å². The third-order valence-electron chi connectivity index (χ3n) is 4.17. The van der Waals surface area contributed by atoms with E-state index in [9.17, 15) is 4.79 Å². The molecular formula is C18H28ClNO. The van der Waals surface area contributed by atoms with Gasteiger partial charge in [-0.05, 0) is 23.3 Å². The number of nitrogens with one attached hydrogen (secondary N) is 1. The standard InChI is InChI=1S/C18H28ClNO/c1-5-14(2)16(15-9-7-6-8-10-15)17(21)20-13-18(3,4)11-12-19/h6-10,14,16H,5,11-13H2,1-4H3,(H,20,21). The van der Waals surface area contributed by atoms with Gasteiger partial charge in [0.05, 0.1) is 5.92 Å². The predicted octanol–water partition coefficient (Wildman–Crippen LogP) is 4.59. The zero-order chi connectivity index (χ0) is 15.9. The van der Waals surface area contributed by atoms with Crippen molar-refractivity contribution in [2.75, 3.05) is 12.4 Å². The van der Waals surface area contributed by atoms with E-state index < -0.39 is 0 Å². The van der Waals surface area contributed by atoms with Gasteiger partial charge in [0, 0.05) is 12.4 Å². The Balaban J connectivity index is 2.78. The van der Waals surface area contributed by atoms with Crippen LogP contribution in [0, 0.1) is 11.3 Å². The van der Waals surface area contributed by atoms with Crippen molar-refractivity contribution >= 4 is 17.5 Å². The van der Waals surface area contributed by atoms with Crippen LogP contribution in [0.4, 0.5) is 0 Å². The molecule has 0 bridgehead atoms. The van der Waals surface area contributed by atoms with E-state index in [1.165, 1.54) is 0 Å². The molecule has 3 heteroatoms. The van der Waals surface area contributed by atoms with Crippen LogP contribution in [-0.4, -0.2) is 18.3 Å². The van der Waals surface area contributed by atoms with Crippen LogP contribution < -0.4 is 5.32 Å². The Morgan fingerprint density at radius 3 is 2.43 bits per heavy atom. The molecule has 0 aliphatic rings. The topological polar surface area (TPSA) is 29.1 Å². The number of benzene rings is 1. The first-order chi connectivity index (χ1) is 9.91. The number of carbonyl (C=O) groups excluding carboxylic acids is 1. The third-order valence-corrected chi connectivity index (χ3v) is 4.36. The number of hydrogen-bond acceptors (Lipinski definition) is 1. The Bertz CT molecular complexity index is 430. The van der Waals surface area contributed by atoms with Gasteiger partial charge in [-0.15, -0.1) is 11.6 Å². The largest absolute Gasteiger partial charge is 0.355 e. The molecule has 1 rings (SSSR count). The Hall–Kier alpha value is -1.02. The summed E-state index contributed by atoms with van der Waals surface area (Å²) < 4.78 is 0. The molecule has 2 atom stereocenters. The number of carbonyl (C=O) groups is 1. The summed E-state index contributed by atoms with van der Waals surface area (Å²) in [6.45, 7) is 9.21. The van der Waals surface area contributed by atoms with Gasteiger partial charge >= 0.3 is 0 Å².